The van der Waals surface area contributed by atoms with Crippen LogP contribution in [0.25, 0.3) is 0 Å². The van der Waals surface area contributed by atoms with E-state index in [0.29, 0.717) is 5.25 Å². The van der Waals surface area contributed by atoms with Gasteiger partial charge in [0.2, 0.25) is 0 Å². The van der Waals surface area contributed by atoms with Crippen LogP contribution >= 0.6 is 11.8 Å². The molecule has 0 aliphatic rings. The highest BCUT2D eigenvalue weighted by Crippen LogP contribution is 2.31. The Bertz CT molecular complexity index is 567. The van der Waals surface area contributed by atoms with Gasteiger partial charge in [0.1, 0.15) is 0 Å². The summed E-state index contributed by atoms with van der Waals surface area (Å²) in [6, 6.07) is 9.19. The molecule has 0 aliphatic carbocycles. The summed E-state index contributed by atoms with van der Waals surface area (Å²) in [6.07, 6.45) is 12.3. The van der Waals surface area contributed by atoms with E-state index in [9.17, 15) is 0 Å². The zero-order valence-electron chi connectivity index (χ0n) is 15.7. The fraction of sp³-hybridized carbons (Fsp3) is 0.571. The van der Waals surface area contributed by atoms with E-state index in [1.807, 2.05) is 24.3 Å². The van der Waals surface area contributed by atoms with E-state index in [1.165, 1.54) is 42.6 Å². The lowest BCUT2D eigenvalue weighted by Crippen LogP contribution is -2.11. The van der Waals surface area contributed by atoms with Crippen LogP contribution in [0.4, 0.5) is 0 Å². The van der Waals surface area contributed by atoms with Crippen LogP contribution in [0, 0.1) is 0 Å². The summed E-state index contributed by atoms with van der Waals surface area (Å²) in [7, 11) is 0. The Morgan fingerprint density at radius 2 is 1.83 bits per heavy atom. The van der Waals surface area contributed by atoms with Gasteiger partial charge in [0.25, 0.3) is 0 Å². The van der Waals surface area contributed by atoms with Gasteiger partial charge in [0.15, 0.2) is 0 Å². The third-order valence-electron chi connectivity index (χ3n) is 4.42. The van der Waals surface area contributed by atoms with Gasteiger partial charge in [-0.1, -0.05) is 59.1 Å². The van der Waals surface area contributed by atoms with Crippen molar-refractivity contribution in [2.45, 2.75) is 81.9 Å². The molecule has 2 nitrogen and oxygen atoms in total. The number of hydrogen-bond acceptors (Lipinski definition) is 2. The number of benzene rings is 1. The molecule has 0 spiro atoms. The molecule has 0 amide bonds. The van der Waals surface area contributed by atoms with E-state index in [0.717, 1.165) is 6.54 Å². The van der Waals surface area contributed by atoms with Crippen LogP contribution in [-0.4, -0.2) is 14.8 Å². The monoisotopic (exact) mass is 344 g/mol. The quantitative estimate of drug-likeness (QED) is 0.392. The van der Waals surface area contributed by atoms with E-state index in [-0.39, 0.29) is 5.41 Å². The van der Waals surface area contributed by atoms with Gasteiger partial charge in [0, 0.05) is 29.1 Å². The maximum atomic E-state index is 4.15. The van der Waals surface area contributed by atoms with Gasteiger partial charge in [-0.2, -0.15) is 0 Å². The minimum absolute atomic E-state index is 0.227. The van der Waals surface area contributed by atoms with Crippen molar-refractivity contribution in [2.75, 3.05) is 0 Å². The van der Waals surface area contributed by atoms with Crippen LogP contribution in [-0.2, 0) is 12.0 Å². The lowest BCUT2D eigenvalue weighted by Gasteiger charge is -2.20. The zero-order chi connectivity index (χ0) is 17.4. The maximum Gasteiger partial charge on any atom is 0.0945 e. The Labute approximate surface area is 152 Å². The molecule has 0 saturated carbocycles. The summed E-state index contributed by atoms with van der Waals surface area (Å²) >= 11 is 2.05. The Morgan fingerprint density at radius 1 is 1.08 bits per heavy atom. The molecule has 2 aromatic rings. The van der Waals surface area contributed by atoms with Crippen molar-refractivity contribution in [3.63, 3.8) is 0 Å². The minimum Gasteiger partial charge on any atom is -0.337 e. The van der Waals surface area contributed by atoms with Gasteiger partial charge >= 0.3 is 0 Å². The van der Waals surface area contributed by atoms with Crippen molar-refractivity contribution >= 4 is 11.8 Å². The van der Waals surface area contributed by atoms with Crippen molar-refractivity contribution < 1.29 is 0 Å². The Balaban J connectivity index is 1.95. The van der Waals surface area contributed by atoms with Crippen molar-refractivity contribution in [2.24, 2.45) is 0 Å². The van der Waals surface area contributed by atoms with Crippen molar-refractivity contribution in [1.82, 2.24) is 9.55 Å². The van der Waals surface area contributed by atoms with Crippen molar-refractivity contribution in [3.05, 3.63) is 48.5 Å². The van der Waals surface area contributed by atoms with Gasteiger partial charge < -0.3 is 4.57 Å². The number of aryl methyl sites for hydroxylation is 1. The van der Waals surface area contributed by atoms with Gasteiger partial charge in [0.05, 0.1) is 6.33 Å². The molecule has 0 N–H and O–H groups in total. The van der Waals surface area contributed by atoms with Crippen molar-refractivity contribution in [1.29, 1.82) is 0 Å². The molecule has 132 valence electrons. The second-order valence-electron chi connectivity index (χ2n) is 7.60. The van der Waals surface area contributed by atoms with E-state index in [4.69, 9.17) is 0 Å². The molecule has 1 aromatic heterocycles. The highest BCUT2D eigenvalue weighted by Gasteiger charge is 2.15. The molecule has 0 radical (unpaired) electrons. The molecule has 2 rings (SSSR count). The number of imidazole rings is 1. The normalized spacial score (nSPS) is 13.2. The lowest BCUT2D eigenvalue weighted by atomic mass is 9.87. The second kappa shape index (κ2) is 9.31. The van der Waals surface area contributed by atoms with Gasteiger partial charge in [-0.05, 0) is 36.0 Å². The Kier molecular flexibility index (Phi) is 7.41. The molecular formula is C21H32N2S. The van der Waals surface area contributed by atoms with Crippen LogP contribution in [0.2, 0.25) is 0 Å². The smallest absolute Gasteiger partial charge is 0.0945 e. The van der Waals surface area contributed by atoms with Crippen molar-refractivity contribution in [3.8, 4) is 0 Å². The first kappa shape index (κ1) is 19.1. The third kappa shape index (κ3) is 6.35. The SMILES string of the molecule is CCCCCC(CCn1ccnc1)Sc1ccc(C(C)(C)C)cc1. The maximum absolute atomic E-state index is 4.15. The predicted octanol–water partition coefficient (Wildman–Crippen LogP) is 6.31. The summed E-state index contributed by atoms with van der Waals surface area (Å²) in [6.45, 7) is 10.2. The Morgan fingerprint density at radius 3 is 2.42 bits per heavy atom. The largest absolute Gasteiger partial charge is 0.337 e. The summed E-state index contributed by atoms with van der Waals surface area (Å²) in [5.74, 6) is 0. The van der Waals surface area contributed by atoms with Gasteiger partial charge in [-0.15, -0.1) is 11.8 Å². The number of unbranched alkanes of at least 4 members (excludes halogenated alkanes) is 2. The summed E-state index contributed by atoms with van der Waals surface area (Å²) in [5, 5.41) is 0.680. The van der Waals surface area contributed by atoms with Crippen LogP contribution < -0.4 is 0 Å². The molecule has 0 fully saturated rings. The highest BCUT2D eigenvalue weighted by atomic mass is 32.2. The molecule has 1 unspecified atom stereocenters. The average Bonchev–Trinajstić information content (AvgIpc) is 3.06. The molecule has 1 aromatic carbocycles. The highest BCUT2D eigenvalue weighted by molar-refractivity contribution is 8.00. The number of aromatic nitrogens is 2. The van der Waals surface area contributed by atoms with E-state index in [2.05, 4.69) is 67.7 Å². The molecule has 1 heterocycles. The first-order valence-electron chi connectivity index (χ1n) is 9.22. The zero-order valence-corrected chi connectivity index (χ0v) is 16.5. The standard InChI is InChI=1S/C21H32N2S/c1-5-6-7-8-19(13-15-23-16-14-22-17-23)24-20-11-9-18(10-12-20)21(2,3)4/h9-12,14,16-17,19H,5-8,13,15H2,1-4H3. The fourth-order valence-electron chi connectivity index (χ4n) is 2.82. The molecule has 24 heavy (non-hydrogen) atoms. The molecular weight excluding hydrogens is 312 g/mol. The predicted molar refractivity (Wildman–Crippen MR) is 106 cm³/mol. The molecule has 0 bridgehead atoms. The first-order chi connectivity index (χ1) is 11.5. The topological polar surface area (TPSA) is 17.8 Å². The summed E-state index contributed by atoms with van der Waals surface area (Å²) in [5.41, 5.74) is 1.64. The van der Waals surface area contributed by atoms with Gasteiger partial charge in [-0.3, -0.25) is 0 Å². The fourth-order valence-corrected chi connectivity index (χ4v) is 4.01. The van der Waals surface area contributed by atoms with Gasteiger partial charge in [-0.25, -0.2) is 4.98 Å². The molecule has 0 aliphatic heterocycles. The van der Waals surface area contributed by atoms with Crippen LogP contribution in [0.3, 0.4) is 0 Å². The number of nitrogens with zero attached hydrogens (tertiary/aromatic N) is 2. The number of hydrogen-bond donors (Lipinski definition) is 0. The molecule has 3 heteroatoms. The number of thioether (sulfide) groups is 1. The Hall–Kier alpha value is -1.22. The van der Waals surface area contributed by atoms with Crippen LogP contribution in [0.5, 0.6) is 0 Å². The van der Waals surface area contributed by atoms with E-state index >= 15 is 0 Å². The van der Waals surface area contributed by atoms with E-state index < -0.39 is 0 Å². The second-order valence-corrected chi connectivity index (χ2v) is 8.97. The summed E-state index contributed by atoms with van der Waals surface area (Å²) < 4.78 is 2.19. The lowest BCUT2D eigenvalue weighted by molar-refractivity contribution is 0.569. The average molecular weight is 345 g/mol. The third-order valence-corrected chi connectivity index (χ3v) is 5.77. The summed E-state index contributed by atoms with van der Waals surface area (Å²) in [4.78, 5) is 5.55. The first-order valence-corrected chi connectivity index (χ1v) is 10.1. The number of rotatable bonds is 9. The molecule has 0 saturated heterocycles. The van der Waals surface area contributed by atoms with Crippen LogP contribution in [0.15, 0.2) is 47.9 Å². The van der Waals surface area contributed by atoms with E-state index in [1.54, 1.807) is 0 Å². The van der Waals surface area contributed by atoms with Crippen LogP contribution in [0.1, 0.15) is 65.4 Å². The minimum atomic E-state index is 0.227. The molecule has 1 atom stereocenters.